The van der Waals surface area contributed by atoms with E-state index in [0.29, 0.717) is 5.56 Å². The van der Waals surface area contributed by atoms with Crippen LogP contribution in [0.3, 0.4) is 0 Å². The number of benzene rings is 1. The van der Waals surface area contributed by atoms with Crippen LogP contribution in [0.4, 0.5) is 0 Å². The van der Waals surface area contributed by atoms with Gasteiger partial charge in [-0.05, 0) is 31.5 Å². The lowest BCUT2D eigenvalue weighted by atomic mass is 10.0. The van der Waals surface area contributed by atoms with Crippen LogP contribution in [0.25, 0.3) is 0 Å². The summed E-state index contributed by atoms with van der Waals surface area (Å²) in [6.07, 6.45) is -1.80. The first-order valence-corrected chi connectivity index (χ1v) is 7.01. The number of aliphatic hydroxyl groups excluding tert-OH is 1. The van der Waals surface area contributed by atoms with Crippen molar-refractivity contribution in [2.24, 2.45) is 0 Å². The number of rotatable bonds is 5. The van der Waals surface area contributed by atoms with E-state index in [9.17, 15) is 14.7 Å². The van der Waals surface area contributed by atoms with E-state index in [-0.39, 0.29) is 12.0 Å². The molecule has 0 aliphatic rings. The van der Waals surface area contributed by atoms with Gasteiger partial charge in [0.25, 0.3) is 0 Å². The van der Waals surface area contributed by atoms with Gasteiger partial charge in [0.15, 0.2) is 6.10 Å². The van der Waals surface area contributed by atoms with Crippen molar-refractivity contribution < 1.29 is 19.4 Å². The van der Waals surface area contributed by atoms with Crippen LogP contribution in [-0.2, 0) is 14.3 Å². The summed E-state index contributed by atoms with van der Waals surface area (Å²) < 4.78 is 5.76. The van der Waals surface area contributed by atoms with Crippen molar-refractivity contribution in [2.45, 2.75) is 39.0 Å². The standard InChI is InChI=1S/C14H18BrNO4/c1-8(2)20-14(19)13(18)12(16-9(3)17)10-5-4-6-11(15)7-10/h4-8,12-13,18H,1-3H3,(H,16,17). The average Bonchev–Trinajstić information content (AvgIpc) is 2.34. The van der Waals surface area contributed by atoms with Crippen molar-refractivity contribution in [2.75, 3.05) is 0 Å². The molecule has 110 valence electrons. The molecule has 1 rings (SSSR count). The maximum Gasteiger partial charge on any atom is 0.337 e. The van der Waals surface area contributed by atoms with Gasteiger partial charge in [-0.15, -0.1) is 0 Å². The summed E-state index contributed by atoms with van der Waals surface area (Å²) >= 11 is 3.31. The van der Waals surface area contributed by atoms with Gasteiger partial charge >= 0.3 is 5.97 Å². The maximum absolute atomic E-state index is 11.8. The second-order valence-corrected chi connectivity index (χ2v) is 5.58. The van der Waals surface area contributed by atoms with Crippen LogP contribution in [0, 0.1) is 0 Å². The highest BCUT2D eigenvalue weighted by Crippen LogP contribution is 2.22. The minimum atomic E-state index is -1.46. The number of carbonyl (C=O) groups excluding carboxylic acids is 2. The predicted molar refractivity (Wildman–Crippen MR) is 77.9 cm³/mol. The van der Waals surface area contributed by atoms with Crippen LogP contribution in [0.1, 0.15) is 32.4 Å². The van der Waals surface area contributed by atoms with Gasteiger partial charge in [-0.25, -0.2) is 4.79 Å². The Balaban J connectivity index is 3.00. The van der Waals surface area contributed by atoms with Crippen molar-refractivity contribution >= 4 is 27.8 Å². The number of carbonyl (C=O) groups is 2. The van der Waals surface area contributed by atoms with Gasteiger partial charge in [0.2, 0.25) is 5.91 Å². The Hall–Kier alpha value is -1.40. The molecule has 5 nitrogen and oxygen atoms in total. The molecule has 0 heterocycles. The molecule has 1 aromatic rings. The maximum atomic E-state index is 11.8. The van der Waals surface area contributed by atoms with Crippen LogP contribution in [0.2, 0.25) is 0 Å². The topological polar surface area (TPSA) is 75.6 Å². The summed E-state index contributed by atoms with van der Waals surface area (Å²) in [5, 5.41) is 12.7. The zero-order chi connectivity index (χ0) is 15.3. The van der Waals surface area contributed by atoms with E-state index in [1.807, 2.05) is 6.07 Å². The van der Waals surface area contributed by atoms with E-state index in [2.05, 4.69) is 21.2 Å². The van der Waals surface area contributed by atoms with Gasteiger partial charge in [-0.2, -0.15) is 0 Å². The monoisotopic (exact) mass is 343 g/mol. The summed E-state index contributed by atoms with van der Waals surface area (Å²) in [5.74, 6) is -1.11. The molecule has 0 aliphatic heterocycles. The van der Waals surface area contributed by atoms with Gasteiger partial charge in [0, 0.05) is 11.4 Å². The first kappa shape index (κ1) is 16.7. The van der Waals surface area contributed by atoms with Crippen molar-refractivity contribution in [1.29, 1.82) is 0 Å². The number of ether oxygens (including phenoxy) is 1. The number of hydrogen-bond donors (Lipinski definition) is 2. The summed E-state index contributed by atoms with van der Waals surface area (Å²) in [4.78, 5) is 23.1. The van der Waals surface area contributed by atoms with E-state index in [0.717, 1.165) is 4.47 Å². The fourth-order valence-corrected chi connectivity index (χ4v) is 2.12. The summed E-state index contributed by atoms with van der Waals surface area (Å²) in [5.41, 5.74) is 0.614. The zero-order valence-corrected chi connectivity index (χ0v) is 13.2. The number of halogens is 1. The number of esters is 1. The lowest BCUT2D eigenvalue weighted by molar-refractivity contribution is -0.159. The lowest BCUT2D eigenvalue weighted by Crippen LogP contribution is -2.41. The molecule has 2 unspecified atom stereocenters. The van der Waals surface area contributed by atoms with Gasteiger partial charge in [-0.3, -0.25) is 4.79 Å². The number of amides is 1. The fourth-order valence-electron chi connectivity index (χ4n) is 1.70. The van der Waals surface area contributed by atoms with Crippen molar-refractivity contribution in [3.63, 3.8) is 0 Å². The normalized spacial score (nSPS) is 13.7. The van der Waals surface area contributed by atoms with E-state index in [1.165, 1.54) is 6.92 Å². The first-order chi connectivity index (χ1) is 9.31. The highest BCUT2D eigenvalue weighted by Gasteiger charge is 2.30. The van der Waals surface area contributed by atoms with Gasteiger partial charge in [0.05, 0.1) is 12.1 Å². The SMILES string of the molecule is CC(=O)NC(c1cccc(Br)c1)C(O)C(=O)OC(C)C. The Morgan fingerprint density at radius 3 is 2.50 bits per heavy atom. The van der Waals surface area contributed by atoms with Crippen molar-refractivity contribution in [3.05, 3.63) is 34.3 Å². The average molecular weight is 344 g/mol. The highest BCUT2D eigenvalue weighted by molar-refractivity contribution is 9.10. The molecule has 2 atom stereocenters. The Kier molecular flexibility index (Phi) is 6.16. The molecule has 2 N–H and O–H groups in total. The lowest BCUT2D eigenvalue weighted by Gasteiger charge is -2.23. The van der Waals surface area contributed by atoms with E-state index >= 15 is 0 Å². The largest absolute Gasteiger partial charge is 0.461 e. The Morgan fingerprint density at radius 2 is 2.00 bits per heavy atom. The van der Waals surface area contributed by atoms with Crippen molar-refractivity contribution in [3.8, 4) is 0 Å². The molecule has 0 aromatic heterocycles. The van der Waals surface area contributed by atoms with E-state index in [1.54, 1.807) is 32.0 Å². The molecule has 6 heteroatoms. The number of nitrogens with one attached hydrogen (secondary N) is 1. The third-order valence-electron chi connectivity index (χ3n) is 2.48. The highest BCUT2D eigenvalue weighted by atomic mass is 79.9. The smallest absolute Gasteiger partial charge is 0.337 e. The Morgan fingerprint density at radius 1 is 1.35 bits per heavy atom. The molecule has 20 heavy (non-hydrogen) atoms. The molecule has 0 saturated carbocycles. The van der Waals surface area contributed by atoms with Gasteiger partial charge in [-0.1, -0.05) is 28.1 Å². The minimum Gasteiger partial charge on any atom is -0.461 e. The number of hydrogen-bond acceptors (Lipinski definition) is 4. The first-order valence-electron chi connectivity index (χ1n) is 6.22. The second-order valence-electron chi connectivity index (χ2n) is 4.66. The third-order valence-corrected chi connectivity index (χ3v) is 2.97. The molecule has 1 aromatic carbocycles. The fraction of sp³-hybridized carbons (Fsp3) is 0.429. The van der Waals surface area contributed by atoms with Crippen LogP contribution in [0.15, 0.2) is 28.7 Å². The molecule has 0 radical (unpaired) electrons. The van der Waals surface area contributed by atoms with Crippen molar-refractivity contribution in [1.82, 2.24) is 5.32 Å². The third kappa shape index (κ3) is 4.94. The molecule has 0 spiro atoms. The second kappa shape index (κ2) is 7.40. The molecule has 0 bridgehead atoms. The van der Waals surface area contributed by atoms with Crippen LogP contribution in [0.5, 0.6) is 0 Å². The summed E-state index contributed by atoms with van der Waals surface area (Å²) in [6.45, 7) is 4.71. The summed E-state index contributed by atoms with van der Waals surface area (Å²) in [6, 6.07) is 6.17. The molecular weight excluding hydrogens is 326 g/mol. The van der Waals surface area contributed by atoms with E-state index in [4.69, 9.17) is 4.74 Å². The zero-order valence-electron chi connectivity index (χ0n) is 11.6. The molecular formula is C14H18BrNO4. The van der Waals surface area contributed by atoms with Crippen LogP contribution >= 0.6 is 15.9 Å². The minimum absolute atomic E-state index is 0.336. The predicted octanol–water partition coefficient (Wildman–Crippen LogP) is 1.94. The molecule has 1 amide bonds. The van der Waals surface area contributed by atoms with Gasteiger partial charge < -0.3 is 15.2 Å². The van der Waals surface area contributed by atoms with E-state index < -0.39 is 18.1 Å². The molecule has 0 fully saturated rings. The quantitative estimate of drug-likeness (QED) is 0.801. The summed E-state index contributed by atoms with van der Waals surface area (Å²) in [7, 11) is 0. The van der Waals surface area contributed by atoms with Crippen LogP contribution in [-0.4, -0.2) is 29.2 Å². The molecule has 0 aliphatic carbocycles. The number of aliphatic hydroxyl groups is 1. The Labute approximate surface area is 126 Å². The molecule has 0 saturated heterocycles. The Bertz CT molecular complexity index is 490. The van der Waals surface area contributed by atoms with Crippen LogP contribution < -0.4 is 5.32 Å². The van der Waals surface area contributed by atoms with Gasteiger partial charge in [0.1, 0.15) is 0 Å².